The molecular weight excluding hydrogens is 410 g/mol. The van der Waals surface area contributed by atoms with Crippen molar-refractivity contribution >= 4 is 28.9 Å². The first-order valence-corrected chi connectivity index (χ1v) is 9.98. The van der Waals surface area contributed by atoms with Gasteiger partial charge in [0.25, 0.3) is 0 Å². The maximum atomic E-state index is 12.3. The number of carbonyl (C=O) groups is 2. The number of anilines is 1. The van der Waals surface area contributed by atoms with Crippen molar-refractivity contribution in [2.45, 2.75) is 19.9 Å². The van der Waals surface area contributed by atoms with E-state index in [0.29, 0.717) is 41.3 Å². The first-order valence-electron chi connectivity index (χ1n) is 9.98. The van der Waals surface area contributed by atoms with Crippen molar-refractivity contribution < 1.29 is 19.1 Å². The Hall–Kier alpha value is -4.27. The fourth-order valence-corrected chi connectivity index (χ4v) is 3.23. The number of aryl methyl sites for hydroxylation is 1. The third-order valence-electron chi connectivity index (χ3n) is 4.78. The number of rotatable bonds is 7. The topological polar surface area (TPSA) is 122 Å². The van der Waals surface area contributed by atoms with Gasteiger partial charge in [-0.05, 0) is 41.8 Å². The first kappa shape index (κ1) is 21.0. The molecule has 2 heterocycles. The van der Waals surface area contributed by atoms with E-state index in [2.05, 4.69) is 15.0 Å². The minimum atomic E-state index is -0.385. The number of benzene rings is 2. The molecule has 9 nitrogen and oxygen atoms in total. The van der Waals surface area contributed by atoms with E-state index in [1.54, 1.807) is 30.6 Å². The molecule has 0 atom stereocenters. The van der Waals surface area contributed by atoms with Crippen LogP contribution in [0.4, 0.5) is 5.82 Å². The molecule has 2 aromatic heterocycles. The van der Waals surface area contributed by atoms with E-state index in [9.17, 15) is 9.59 Å². The highest BCUT2D eigenvalue weighted by molar-refractivity contribution is 5.90. The van der Waals surface area contributed by atoms with Crippen LogP contribution in [0.1, 0.15) is 23.7 Å². The smallest absolute Gasteiger partial charge is 0.338 e. The zero-order valence-corrected chi connectivity index (χ0v) is 17.4. The normalized spacial score (nSPS) is 10.8. The lowest BCUT2D eigenvalue weighted by molar-refractivity contribution is -0.131. The number of imidazole rings is 1. The molecule has 0 unspecified atom stereocenters. The molecule has 0 aliphatic heterocycles. The minimum absolute atomic E-state index is 0.262. The highest BCUT2D eigenvalue weighted by Gasteiger charge is 2.10. The first-order chi connectivity index (χ1) is 15.5. The van der Waals surface area contributed by atoms with E-state index >= 15 is 0 Å². The largest absolute Gasteiger partial charge is 0.462 e. The fraction of sp³-hybridized carbons (Fsp3) is 0.174. The monoisotopic (exact) mass is 431 g/mol. The van der Waals surface area contributed by atoms with Crippen LogP contribution in [0.25, 0.3) is 22.3 Å². The number of nitrogen functional groups attached to an aromatic ring is 1. The molecule has 4 aromatic rings. The van der Waals surface area contributed by atoms with Crippen LogP contribution in [0, 0.1) is 0 Å². The van der Waals surface area contributed by atoms with Gasteiger partial charge in [-0.3, -0.25) is 4.79 Å². The van der Waals surface area contributed by atoms with Crippen LogP contribution in [-0.2, 0) is 16.1 Å². The Labute approximate surface area is 183 Å². The van der Waals surface area contributed by atoms with Gasteiger partial charge in [0.1, 0.15) is 17.6 Å². The summed E-state index contributed by atoms with van der Waals surface area (Å²) in [6.45, 7) is 2.21. The Morgan fingerprint density at radius 3 is 2.34 bits per heavy atom. The number of fused-ring (bicyclic) bond motifs is 1. The molecular formula is C23H21N5O4. The van der Waals surface area contributed by atoms with Crippen molar-refractivity contribution in [3.05, 3.63) is 66.7 Å². The van der Waals surface area contributed by atoms with Crippen LogP contribution < -0.4 is 10.5 Å². The average Bonchev–Trinajstić information content (AvgIpc) is 3.21. The second kappa shape index (κ2) is 9.25. The highest BCUT2D eigenvalue weighted by atomic mass is 16.5. The predicted molar refractivity (Wildman–Crippen MR) is 118 cm³/mol. The van der Waals surface area contributed by atoms with Crippen LogP contribution in [0.3, 0.4) is 0 Å². The molecule has 4 rings (SSSR count). The molecule has 0 fully saturated rings. The molecule has 162 valence electrons. The molecule has 9 heteroatoms. The summed E-state index contributed by atoms with van der Waals surface area (Å²) >= 11 is 0. The third-order valence-corrected chi connectivity index (χ3v) is 4.78. The van der Waals surface area contributed by atoms with Gasteiger partial charge >= 0.3 is 11.9 Å². The standard InChI is InChI=1S/C23H21N5O4/c1-15(29)32-19-9-7-17(8-10-19)16-3-5-18(6-4-16)23(30)31-12-2-11-28-14-27-20-21(24)25-13-26-22(20)28/h3-10,13-14H,2,11-12H2,1H3,(H2,24,25,26). The number of aromatic nitrogens is 4. The summed E-state index contributed by atoms with van der Waals surface area (Å²) in [4.78, 5) is 35.7. The van der Waals surface area contributed by atoms with E-state index < -0.39 is 0 Å². The van der Waals surface area contributed by atoms with Crippen molar-refractivity contribution in [1.82, 2.24) is 19.5 Å². The van der Waals surface area contributed by atoms with Gasteiger partial charge < -0.3 is 19.8 Å². The maximum absolute atomic E-state index is 12.3. The number of hydrogen-bond acceptors (Lipinski definition) is 8. The van der Waals surface area contributed by atoms with Crippen molar-refractivity contribution in [3.63, 3.8) is 0 Å². The average molecular weight is 431 g/mol. The number of hydrogen-bond donors (Lipinski definition) is 1. The molecule has 2 aromatic carbocycles. The van der Waals surface area contributed by atoms with Crippen molar-refractivity contribution in [2.75, 3.05) is 12.3 Å². The molecule has 32 heavy (non-hydrogen) atoms. The summed E-state index contributed by atoms with van der Waals surface area (Å²) in [7, 11) is 0. The van der Waals surface area contributed by atoms with E-state index in [0.717, 1.165) is 11.1 Å². The third kappa shape index (κ3) is 4.72. The summed E-state index contributed by atoms with van der Waals surface area (Å²) in [5.74, 6) is 0.0755. The van der Waals surface area contributed by atoms with Crippen molar-refractivity contribution in [2.24, 2.45) is 0 Å². The van der Waals surface area contributed by atoms with Crippen LogP contribution >= 0.6 is 0 Å². The van der Waals surface area contributed by atoms with Crippen molar-refractivity contribution in [3.8, 4) is 16.9 Å². The van der Waals surface area contributed by atoms with Gasteiger partial charge in [0, 0.05) is 13.5 Å². The SMILES string of the molecule is CC(=O)Oc1ccc(-c2ccc(C(=O)OCCCn3cnc4c(N)ncnc43)cc2)cc1. The van der Waals surface area contributed by atoms with Gasteiger partial charge in [-0.15, -0.1) is 0 Å². The van der Waals surface area contributed by atoms with Gasteiger partial charge in [-0.1, -0.05) is 24.3 Å². The summed E-state index contributed by atoms with van der Waals surface area (Å²) in [5.41, 5.74) is 9.35. The minimum Gasteiger partial charge on any atom is -0.462 e. The Kier molecular flexibility index (Phi) is 6.07. The lowest BCUT2D eigenvalue weighted by Gasteiger charge is -2.08. The van der Waals surface area contributed by atoms with Crippen LogP contribution in [0.2, 0.25) is 0 Å². The zero-order valence-electron chi connectivity index (χ0n) is 17.4. The molecule has 0 spiro atoms. The summed E-state index contributed by atoms with van der Waals surface area (Å²) in [6, 6.07) is 14.3. The number of nitrogens with two attached hydrogens (primary N) is 1. The lowest BCUT2D eigenvalue weighted by atomic mass is 10.0. The number of nitrogens with zero attached hydrogens (tertiary/aromatic N) is 4. The molecule has 0 amide bonds. The van der Waals surface area contributed by atoms with E-state index in [-0.39, 0.29) is 18.5 Å². The summed E-state index contributed by atoms with van der Waals surface area (Å²) < 4.78 is 12.3. The number of ether oxygens (including phenoxy) is 2. The highest BCUT2D eigenvalue weighted by Crippen LogP contribution is 2.23. The fourth-order valence-electron chi connectivity index (χ4n) is 3.23. The molecule has 0 bridgehead atoms. The molecule has 0 saturated carbocycles. The molecule has 0 aliphatic rings. The Bertz CT molecular complexity index is 1250. The molecule has 2 N–H and O–H groups in total. The Morgan fingerprint density at radius 2 is 1.66 bits per heavy atom. The maximum Gasteiger partial charge on any atom is 0.338 e. The second-order valence-electron chi connectivity index (χ2n) is 7.05. The zero-order chi connectivity index (χ0) is 22.5. The van der Waals surface area contributed by atoms with E-state index in [1.165, 1.54) is 13.3 Å². The van der Waals surface area contributed by atoms with Crippen LogP contribution in [0.15, 0.2) is 61.2 Å². The Morgan fingerprint density at radius 1 is 0.969 bits per heavy atom. The van der Waals surface area contributed by atoms with Crippen LogP contribution in [-0.4, -0.2) is 38.1 Å². The van der Waals surface area contributed by atoms with Gasteiger partial charge in [-0.2, -0.15) is 0 Å². The molecule has 0 aliphatic carbocycles. The van der Waals surface area contributed by atoms with E-state index in [1.807, 2.05) is 28.8 Å². The lowest BCUT2D eigenvalue weighted by Crippen LogP contribution is -2.09. The second-order valence-corrected chi connectivity index (χ2v) is 7.05. The number of esters is 2. The van der Waals surface area contributed by atoms with Gasteiger partial charge in [0.05, 0.1) is 18.5 Å². The summed E-state index contributed by atoms with van der Waals surface area (Å²) in [5, 5.41) is 0. The van der Waals surface area contributed by atoms with Gasteiger partial charge in [0.2, 0.25) is 0 Å². The number of carbonyl (C=O) groups excluding carboxylic acids is 2. The van der Waals surface area contributed by atoms with Crippen molar-refractivity contribution in [1.29, 1.82) is 0 Å². The van der Waals surface area contributed by atoms with E-state index in [4.69, 9.17) is 15.2 Å². The van der Waals surface area contributed by atoms with Crippen LogP contribution in [0.5, 0.6) is 5.75 Å². The summed E-state index contributed by atoms with van der Waals surface area (Å²) in [6.07, 6.45) is 3.65. The quantitative estimate of drug-likeness (QED) is 0.269. The Balaban J connectivity index is 1.30. The molecule has 0 saturated heterocycles. The molecule has 0 radical (unpaired) electrons. The predicted octanol–water partition coefficient (Wildman–Crippen LogP) is 3.25. The van der Waals surface area contributed by atoms with Gasteiger partial charge in [0.15, 0.2) is 11.5 Å². The van der Waals surface area contributed by atoms with Gasteiger partial charge in [-0.25, -0.2) is 19.7 Å².